The fraction of sp³-hybridized carbons (Fsp3) is 0.818. The van der Waals surface area contributed by atoms with Crippen molar-refractivity contribution in [3.63, 3.8) is 0 Å². The third-order valence-corrected chi connectivity index (χ3v) is 11.3. The van der Waals surface area contributed by atoms with E-state index < -0.39 is 4.92 Å². The smallest absolute Gasteiger partial charge is 0.309 e. The van der Waals surface area contributed by atoms with Crippen LogP contribution in [0.5, 0.6) is 0 Å². The van der Waals surface area contributed by atoms with Crippen LogP contribution in [0.15, 0.2) is 19.3 Å². The van der Waals surface area contributed by atoms with E-state index in [1.165, 1.54) is 73.8 Å². The molecule has 0 bridgehead atoms. The van der Waals surface area contributed by atoms with Gasteiger partial charge in [0.05, 0.1) is 35.7 Å². The van der Waals surface area contributed by atoms with Crippen molar-refractivity contribution in [2.75, 3.05) is 55.2 Å². The molecule has 1 aliphatic rings. The van der Waals surface area contributed by atoms with Gasteiger partial charge in [0, 0.05) is 23.0 Å². The predicted molar refractivity (Wildman–Crippen MR) is 159 cm³/mol. The Morgan fingerprint density at radius 2 is 1.38 bits per heavy atom. The SMILES string of the molecule is CCCCCCCCCCS/C1=C([N+](=O)[O-])/C(Cl)=C(/Cl)SCCOCCSSCCOCCS1. The van der Waals surface area contributed by atoms with Crippen molar-refractivity contribution < 1.29 is 14.4 Å². The van der Waals surface area contributed by atoms with Crippen molar-refractivity contribution in [3.8, 4) is 0 Å². The molecule has 0 aromatic heterocycles. The lowest BCUT2D eigenvalue weighted by Crippen LogP contribution is -2.06. The average Bonchev–Trinajstić information content (AvgIpc) is 2.81. The second-order valence-electron chi connectivity index (χ2n) is 7.37. The number of rotatable bonds is 11. The number of ether oxygens (including phenoxy) is 2. The highest BCUT2D eigenvalue weighted by molar-refractivity contribution is 8.76. The Morgan fingerprint density at radius 1 is 0.853 bits per heavy atom. The zero-order valence-corrected chi connectivity index (χ0v) is 25.5. The molecule has 198 valence electrons. The first-order valence-corrected chi connectivity index (χ1v) is 18.0. The van der Waals surface area contributed by atoms with Gasteiger partial charge < -0.3 is 9.47 Å². The van der Waals surface area contributed by atoms with E-state index in [-0.39, 0.29) is 15.1 Å². The van der Waals surface area contributed by atoms with Crippen molar-refractivity contribution >= 4 is 80.1 Å². The normalized spacial score (nSPS) is 22.8. The fourth-order valence-corrected chi connectivity index (χ4v) is 8.34. The summed E-state index contributed by atoms with van der Waals surface area (Å²) < 4.78 is 12.2. The Hall–Kier alpha value is 1.13. The summed E-state index contributed by atoms with van der Waals surface area (Å²) in [6, 6.07) is 0. The standard InChI is InChI=1S/C22H37Cl2NO4S5/c1-2-3-4-5-6-7-8-9-14-31-22-20(25(26)27)19(23)21(24)30-15-10-28-12-17-33-34-18-13-29-11-16-32-22/h2-18H2,1H3/b21-19+,22-20+. The van der Waals surface area contributed by atoms with Crippen LogP contribution in [0.2, 0.25) is 0 Å². The Kier molecular flexibility index (Phi) is 22.7. The molecule has 0 radical (unpaired) electrons. The van der Waals surface area contributed by atoms with Gasteiger partial charge in [0.2, 0.25) is 0 Å². The van der Waals surface area contributed by atoms with E-state index in [9.17, 15) is 10.1 Å². The van der Waals surface area contributed by atoms with Gasteiger partial charge in [-0.25, -0.2) is 0 Å². The van der Waals surface area contributed by atoms with Gasteiger partial charge in [-0.2, -0.15) is 0 Å². The molecule has 1 rings (SSSR count). The predicted octanol–water partition coefficient (Wildman–Crippen LogP) is 8.85. The molecule has 0 fully saturated rings. The highest BCUT2D eigenvalue weighted by Gasteiger charge is 2.26. The fourth-order valence-electron chi connectivity index (χ4n) is 2.87. The molecule has 0 saturated carbocycles. The molecule has 0 aromatic rings. The lowest BCUT2D eigenvalue weighted by Gasteiger charge is -2.11. The average molecular weight is 611 g/mol. The van der Waals surface area contributed by atoms with Gasteiger partial charge in [-0.1, -0.05) is 96.7 Å². The van der Waals surface area contributed by atoms with Crippen molar-refractivity contribution in [2.45, 2.75) is 58.3 Å². The van der Waals surface area contributed by atoms with Crippen LogP contribution in [0.1, 0.15) is 58.3 Å². The minimum Gasteiger partial charge on any atom is -0.380 e. The minimum atomic E-state index is -0.405. The molecular formula is C22H37Cl2NO4S5. The summed E-state index contributed by atoms with van der Waals surface area (Å²) in [5.74, 6) is 3.87. The molecule has 0 unspecified atom stereocenters. The molecule has 0 aliphatic carbocycles. The second kappa shape index (κ2) is 23.3. The summed E-state index contributed by atoms with van der Waals surface area (Å²) in [5, 5.41) is 12.0. The molecule has 5 nitrogen and oxygen atoms in total. The number of hydrogen-bond acceptors (Lipinski definition) is 9. The van der Waals surface area contributed by atoms with Gasteiger partial charge in [-0.15, -0.1) is 35.3 Å². The third kappa shape index (κ3) is 16.8. The molecule has 0 atom stereocenters. The van der Waals surface area contributed by atoms with Crippen LogP contribution in [-0.2, 0) is 9.47 Å². The zero-order chi connectivity index (χ0) is 24.9. The van der Waals surface area contributed by atoms with Crippen LogP contribution in [0.3, 0.4) is 0 Å². The molecule has 0 aromatic carbocycles. The maximum atomic E-state index is 12.0. The Labute approximate surface area is 236 Å². The number of unbranched alkanes of at least 4 members (excludes halogenated alkanes) is 7. The first-order chi connectivity index (χ1) is 16.6. The van der Waals surface area contributed by atoms with Crippen molar-refractivity contribution in [3.05, 3.63) is 29.4 Å². The maximum Gasteiger partial charge on any atom is 0.309 e. The molecule has 1 aliphatic heterocycles. The van der Waals surface area contributed by atoms with Crippen LogP contribution in [0.4, 0.5) is 0 Å². The molecule has 1 heterocycles. The van der Waals surface area contributed by atoms with E-state index in [1.807, 2.05) is 0 Å². The summed E-state index contributed by atoms with van der Waals surface area (Å²) in [6.45, 7) is 4.60. The van der Waals surface area contributed by atoms with Gasteiger partial charge in [-0.05, 0) is 12.2 Å². The maximum absolute atomic E-state index is 12.0. The number of halogens is 2. The third-order valence-electron chi connectivity index (χ3n) is 4.61. The Morgan fingerprint density at radius 3 is 1.97 bits per heavy atom. The summed E-state index contributed by atoms with van der Waals surface area (Å²) in [7, 11) is 3.55. The van der Waals surface area contributed by atoms with Gasteiger partial charge >= 0.3 is 5.70 Å². The molecule has 0 N–H and O–H groups in total. The van der Waals surface area contributed by atoms with E-state index in [2.05, 4.69) is 6.92 Å². The molecular weight excluding hydrogens is 573 g/mol. The largest absolute Gasteiger partial charge is 0.380 e. The van der Waals surface area contributed by atoms with Crippen LogP contribution >= 0.6 is 80.1 Å². The number of thioether (sulfide) groups is 3. The molecule has 0 spiro atoms. The van der Waals surface area contributed by atoms with Crippen molar-refractivity contribution in [1.82, 2.24) is 0 Å². The Bertz CT molecular complexity index is 626. The first-order valence-electron chi connectivity index (χ1n) is 11.8. The Balaban J connectivity index is 2.76. The highest BCUT2D eigenvalue weighted by atomic mass is 35.5. The summed E-state index contributed by atoms with van der Waals surface area (Å²) >= 11 is 17.0. The number of nitrogens with zero attached hydrogens (tertiary/aromatic N) is 1. The second-order valence-corrected chi connectivity index (χ2v) is 14.6. The number of allylic oxidation sites excluding steroid dienone is 1. The van der Waals surface area contributed by atoms with E-state index in [0.717, 1.165) is 30.1 Å². The van der Waals surface area contributed by atoms with E-state index in [0.29, 0.717) is 42.2 Å². The lowest BCUT2D eigenvalue weighted by atomic mass is 10.1. The van der Waals surface area contributed by atoms with Crippen LogP contribution in [0, 0.1) is 10.1 Å². The zero-order valence-electron chi connectivity index (χ0n) is 19.9. The summed E-state index contributed by atoms with van der Waals surface area (Å²) in [4.78, 5) is 11.6. The molecule has 12 heteroatoms. The molecule has 34 heavy (non-hydrogen) atoms. The van der Waals surface area contributed by atoms with Gasteiger partial charge in [0.25, 0.3) is 0 Å². The van der Waals surface area contributed by atoms with Crippen LogP contribution < -0.4 is 0 Å². The number of nitro groups is 1. The topological polar surface area (TPSA) is 61.6 Å². The first kappa shape index (κ1) is 33.2. The van der Waals surface area contributed by atoms with E-state index in [4.69, 9.17) is 32.7 Å². The van der Waals surface area contributed by atoms with E-state index >= 15 is 0 Å². The van der Waals surface area contributed by atoms with Crippen molar-refractivity contribution in [1.29, 1.82) is 0 Å². The quantitative estimate of drug-likeness (QED) is 0.0988. The molecule has 0 saturated heterocycles. The van der Waals surface area contributed by atoms with Crippen molar-refractivity contribution in [2.24, 2.45) is 0 Å². The van der Waals surface area contributed by atoms with Gasteiger partial charge in [0.1, 0.15) is 9.27 Å². The number of hydrogen-bond donors (Lipinski definition) is 0. The monoisotopic (exact) mass is 609 g/mol. The van der Waals surface area contributed by atoms with Gasteiger partial charge in [-0.3, -0.25) is 10.1 Å². The lowest BCUT2D eigenvalue weighted by molar-refractivity contribution is -0.419. The minimum absolute atomic E-state index is 0.0107. The highest BCUT2D eigenvalue weighted by Crippen LogP contribution is 2.40. The van der Waals surface area contributed by atoms with Crippen LogP contribution in [0.25, 0.3) is 0 Å². The van der Waals surface area contributed by atoms with Gasteiger partial charge in [0.15, 0.2) is 0 Å². The van der Waals surface area contributed by atoms with Crippen LogP contribution in [-0.4, -0.2) is 60.1 Å². The van der Waals surface area contributed by atoms with E-state index in [1.54, 1.807) is 21.6 Å². The summed E-state index contributed by atoms with van der Waals surface area (Å²) in [5.41, 5.74) is -0.0947. The summed E-state index contributed by atoms with van der Waals surface area (Å²) in [6.07, 6.45) is 9.84. The molecule has 0 amide bonds.